The first-order chi connectivity index (χ1) is 10.6. The lowest BCUT2D eigenvalue weighted by Crippen LogP contribution is -2.33. The molecule has 0 saturated heterocycles. The highest BCUT2D eigenvalue weighted by Gasteiger charge is 2.10. The van der Waals surface area contributed by atoms with Crippen molar-refractivity contribution in [3.63, 3.8) is 0 Å². The fraction of sp³-hybridized carbons (Fsp3) is 0.375. The van der Waals surface area contributed by atoms with Crippen LogP contribution in [0.1, 0.15) is 31.5 Å². The van der Waals surface area contributed by atoms with Crippen molar-refractivity contribution >= 4 is 40.6 Å². The molecule has 1 amide bonds. The van der Waals surface area contributed by atoms with Crippen LogP contribution in [-0.4, -0.2) is 16.9 Å². The molecule has 1 atom stereocenters. The molecular weight excluding hydrogens is 336 g/mol. The Kier molecular flexibility index (Phi) is 6.73. The van der Waals surface area contributed by atoms with E-state index in [1.807, 2.05) is 36.6 Å². The number of nitrogens with one attached hydrogen (secondary N) is 1. The Balaban J connectivity index is 1.85. The topological polar surface area (TPSA) is 42.0 Å². The maximum atomic E-state index is 11.8. The van der Waals surface area contributed by atoms with Crippen molar-refractivity contribution in [3.8, 4) is 0 Å². The summed E-state index contributed by atoms with van der Waals surface area (Å²) in [5, 5.41) is 5.66. The molecule has 0 radical (unpaired) electrons. The molecule has 0 aliphatic carbocycles. The highest BCUT2D eigenvalue weighted by atomic mass is 35.5. The number of rotatable bonds is 7. The highest BCUT2D eigenvalue weighted by molar-refractivity contribution is 8.00. The van der Waals surface area contributed by atoms with Gasteiger partial charge in [-0.25, -0.2) is 4.98 Å². The monoisotopic (exact) mass is 354 g/mol. The molecule has 2 rings (SSSR count). The summed E-state index contributed by atoms with van der Waals surface area (Å²) < 4.78 is 0.978. The van der Waals surface area contributed by atoms with Crippen LogP contribution in [0.15, 0.2) is 34.0 Å². The Labute approximate surface area is 144 Å². The molecule has 0 unspecified atom stereocenters. The van der Waals surface area contributed by atoms with Gasteiger partial charge in [-0.3, -0.25) is 4.79 Å². The van der Waals surface area contributed by atoms with Gasteiger partial charge in [-0.2, -0.15) is 0 Å². The number of hydrogen-bond donors (Lipinski definition) is 1. The van der Waals surface area contributed by atoms with E-state index >= 15 is 0 Å². The third kappa shape index (κ3) is 5.63. The van der Waals surface area contributed by atoms with Crippen molar-refractivity contribution < 1.29 is 4.79 Å². The summed E-state index contributed by atoms with van der Waals surface area (Å²) in [4.78, 5) is 16.3. The zero-order valence-electron chi connectivity index (χ0n) is 12.6. The molecule has 1 N–H and O–H groups in total. The van der Waals surface area contributed by atoms with Crippen LogP contribution in [-0.2, 0) is 17.0 Å². The maximum Gasteiger partial charge on any atom is 0.226 e. The Hall–Kier alpha value is -1.04. The largest absolute Gasteiger partial charge is 0.353 e. The minimum atomic E-state index is 0.0334. The van der Waals surface area contributed by atoms with E-state index < -0.39 is 0 Å². The number of thiazole rings is 1. The van der Waals surface area contributed by atoms with Crippen LogP contribution in [0.25, 0.3) is 0 Å². The molecule has 0 fully saturated rings. The van der Waals surface area contributed by atoms with Crippen LogP contribution < -0.4 is 5.32 Å². The number of carbonyl (C=O) groups is 1. The number of halogens is 1. The second kappa shape index (κ2) is 8.56. The first-order valence-corrected chi connectivity index (χ1v) is 9.42. The summed E-state index contributed by atoms with van der Waals surface area (Å²) >= 11 is 9.22. The summed E-state index contributed by atoms with van der Waals surface area (Å²) in [6.07, 6.45) is 1.28. The Morgan fingerprint density at radius 1 is 1.50 bits per heavy atom. The van der Waals surface area contributed by atoms with Crippen LogP contribution in [0.4, 0.5) is 0 Å². The summed E-state index contributed by atoms with van der Waals surface area (Å²) in [5.74, 6) is 0.859. The van der Waals surface area contributed by atoms with Gasteiger partial charge in [-0.15, -0.1) is 11.3 Å². The summed E-state index contributed by atoms with van der Waals surface area (Å²) in [5.41, 5.74) is 2.00. The van der Waals surface area contributed by atoms with Gasteiger partial charge in [0, 0.05) is 22.2 Å². The molecular formula is C16H19ClN2OS2. The van der Waals surface area contributed by atoms with E-state index in [2.05, 4.69) is 17.2 Å². The fourth-order valence-electron chi connectivity index (χ4n) is 1.80. The molecule has 118 valence electrons. The number of benzene rings is 1. The quantitative estimate of drug-likeness (QED) is 0.742. The summed E-state index contributed by atoms with van der Waals surface area (Å²) in [6, 6.07) is 8.04. The van der Waals surface area contributed by atoms with Crippen LogP contribution in [0.3, 0.4) is 0 Å². The normalized spacial score (nSPS) is 12.1. The van der Waals surface area contributed by atoms with Crippen LogP contribution in [0, 0.1) is 0 Å². The predicted molar refractivity (Wildman–Crippen MR) is 94.7 cm³/mol. The molecule has 1 aromatic carbocycles. The molecule has 1 heterocycles. The van der Waals surface area contributed by atoms with E-state index in [-0.39, 0.29) is 11.9 Å². The Morgan fingerprint density at radius 2 is 2.32 bits per heavy atom. The molecule has 0 bridgehead atoms. The number of carbonyl (C=O) groups excluding carboxylic acids is 1. The lowest BCUT2D eigenvalue weighted by Gasteiger charge is -2.10. The van der Waals surface area contributed by atoms with Crippen molar-refractivity contribution in [1.29, 1.82) is 0 Å². The SMILES string of the molecule is CC[C@@H](C)NC(=O)Cc1csc(SCc2cccc(Cl)c2)n1. The van der Waals surface area contributed by atoms with Crippen molar-refractivity contribution in [3.05, 3.63) is 45.9 Å². The van der Waals surface area contributed by atoms with Gasteiger partial charge in [-0.05, 0) is 31.0 Å². The standard InChI is InChI=1S/C16H19ClN2OS2/c1-3-11(2)18-15(20)8-14-10-22-16(19-14)21-9-12-5-4-6-13(17)7-12/h4-7,10-11H,3,8-9H2,1-2H3,(H,18,20)/t11-/m1/s1. The Morgan fingerprint density at radius 3 is 3.05 bits per heavy atom. The number of amides is 1. The van der Waals surface area contributed by atoms with Gasteiger partial charge < -0.3 is 5.32 Å². The van der Waals surface area contributed by atoms with Crippen molar-refractivity contribution in [2.75, 3.05) is 0 Å². The number of hydrogen-bond acceptors (Lipinski definition) is 4. The van der Waals surface area contributed by atoms with Crippen LogP contribution in [0.5, 0.6) is 0 Å². The van der Waals surface area contributed by atoms with Gasteiger partial charge in [0.15, 0.2) is 0 Å². The van der Waals surface area contributed by atoms with E-state index in [1.165, 1.54) is 5.56 Å². The zero-order valence-corrected chi connectivity index (χ0v) is 15.0. The van der Waals surface area contributed by atoms with Gasteiger partial charge in [0.25, 0.3) is 0 Å². The molecule has 0 spiro atoms. The molecule has 0 saturated carbocycles. The average molecular weight is 355 g/mol. The highest BCUT2D eigenvalue weighted by Crippen LogP contribution is 2.27. The van der Waals surface area contributed by atoms with Crippen LogP contribution >= 0.6 is 34.7 Å². The summed E-state index contributed by atoms with van der Waals surface area (Å²) in [7, 11) is 0. The predicted octanol–water partition coefficient (Wildman–Crippen LogP) is 4.55. The maximum absolute atomic E-state index is 11.8. The Bertz CT molecular complexity index is 630. The molecule has 0 aliphatic heterocycles. The van der Waals surface area contributed by atoms with Gasteiger partial charge in [0.2, 0.25) is 5.91 Å². The molecule has 6 heteroatoms. The lowest BCUT2D eigenvalue weighted by molar-refractivity contribution is -0.121. The van der Waals surface area contributed by atoms with Crippen LogP contribution in [0.2, 0.25) is 5.02 Å². The van der Waals surface area contributed by atoms with E-state index in [1.54, 1.807) is 23.1 Å². The zero-order chi connectivity index (χ0) is 15.9. The van der Waals surface area contributed by atoms with E-state index in [0.717, 1.165) is 27.2 Å². The number of nitrogens with zero attached hydrogens (tertiary/aromatic N) is 1. The van der Waals surface area contributed by atoms with Crippen molar-refractivity contribution in [2.45, 2.75) is 42.8 Å². The molecule has 2 aromatic rings. The van der Waals surface area contributed by atoms with Gasteiger partial charge in [0.05, 0.1) is 12.1 Å². The number of thioether (sulfide) groups is 1. The fourth-order valence-corrected chi connectivity index (χ4v) is 3.80. The third-order valence-corrected chi connectivity index (χ3v) is 5.52. The third-order valence-electron chi connectivity index (χ3n) is 3.14. The van der Waals surface area contributed by atoms with E-state index in [9.17, 15) is 4.79 Å². The summed E-state index contributed by atoms with van der Waals surface area (Å²) in [6.45, 7) is 4.06. The minimum absolute atomic E-state index is 0.0334. The van der Waals surface area contributed by atoms with Crippen molar-refractivity contribution in [2.24, 2.45) is 0 Å². The van der Waals surface area contributed by atoms with E-state index in [4.69, 9.17) is 11.6 Å². The van der Waals surface area contributed by atoms with Crippen molar-refractivity contribution in [1.82, 2.24) is 10.3 Å². The second-order valence-corrected chi connectivity index (χ2v) is 7.59. The first kappa shape index (κ1) is 17.3. The van der Waals surface area contributed by atoms with Gasteiger partial charge in [-0.1, -0.05) is 42.4 Å². The minimum Gasteiger partial charge on any atom is -0.353 e. The first-order valence-electron chi connectivity index (χ1n) is 7.18. The molecule has 3 nitrogen and oxygen atoms in total. The molecule has 0 aliphatic rings. The van der Waals surface area contributed by atoms with E-state index in [0.29, 0.717) is 6.42 Å². The average Bonchev–Trinajstić information content (AvgIpc) is 2.92. The smallest absolute Gasteiger partial charge is 0.226 e. The second-order valence-electron chi connectivity index (χ2n) is 5.08. The molecule has 22 heavy (non-hydrogen) atoms. The lowest BCUT2D eigenvalue weighted by atomic mass is 10.2. The van der Waals surface area contributed by atoms with Gasteiger partial charge >= 0.3 is 0 Å². The number of aromatic nitrogens is 1. The van der Waals surface area contributed by atoms with Gasteiger partial charge in [0.1, 0.15) is 4.34 Å². The molecule has 1 aromatic heterocycles.